The van der Waals surface area contributed by atoms with Crippen molar-refractivity contribution in [2.75, 3.05) is 6.61 Å². The first kappa shape index (κ1) is 11.1. The Labute approximate surface area is 70.2 Å². The third kappa shape index (κ3) is 5.34. The summed E-state index contributed by atoms with van der Waals surface area (Å²) in [4.78, 5) is 0. The smallest absolute Gasteiger partial charge is 0.146 e. The fraction of sp³-hybridized carbons (Fsp3) is 1.00. The molecule has 11 heavy (non-hydrogen) atoms. The van der Waals surface area contributed by atoms with Gasteiger partial charge in [0, 0.05) is 0 Å². The summed E-state index contributed by atoms with van der Waals surface area (Å²) < 4.78 is 16.4. The normalized spacial score (nSPS) is 13.3. The van der Waals surface area contributed by atoms with Crippen molar-refractivity contribution in [3.05, 3.63) is 0 Å². The summed E-state index contributed by atoms with van der Waals surface area (Å²) in [5, 5.41) is -0.205. The fourth-order valence-corrected chi connectivity index (χ4v) is 1.17. The molecule has 0 heterocycles. The van der Waals surface area contributed by atoms with Gasteiger partial charge >= 0.3 is 8.03 Å². The van der Waals surface area contributed by atoms with Gasteiger partial charge in [-0.25, -0.2) is 0 Å². The van der Waals surface area contributed by atoms with Crippen LogP contribution in [0.1, 0.15) is 40.5 Å². The number of hydrogen-bond acceptors (Lipinski definition) is 2. The van der Waals surface area contributed by atoms with Crippen LogP contribution in [0.5, 0.6) is 0 Å². The Morgan fingerprint density at radius 3 is 2.27 bits per heavy atom. The minimum Gasteiger partial charge on any atom is -0.146 e. The molecule has 1 unspecified atom stereocenters. The van der Waals surface area contributed by atoms with E-state index in [-0.39, 0.29) is 5.16 Å². The molecule has 0 bridgehead atoms. The van der Waals surface area contributed by atoms with Crippen LogP contribution in [0.15, 0.2) is 0 Å². The Morgan fingerprint density at radius 2 is 1.91 bits per heavy atom. The van der Waals surface area contributed by atoms with Crippen molar-refractivity contribution < 1.29 is 9.09 Å². The average Bonchev–Trinajstić information content (AvgIpc) is 1.86. The number of hydrogen-bond donors (Lipinski definition) is 0. The number of rotatable bonds is 4. The summed E-state index contributed by atoms with van der Waals surface area (Å²) >= 11 is 0. The van der Waals surface area contributed by atoms with Crippen LogP contribution in [0.4, 0.5) is 0 Å². The van der Waals surface area contributed by atoms with E-state index in [9.17, 15) is 4.57 Å². The summed E-state index contributed by atoms with van der Waals surface area (Å²) in [7, 11) is -1.48. The van der Waals surface area contributed by atoms with E-state index in [4.69, 9.17) is 4.52 Å². The molecule has 0 aliphatic rings. The lowest BCUT2D eigenvalue weighted by Crippen LogP contribution is -2.08. The molecule has 0 aromatic rings. The van der Waals surface area contributed by atoms with Crippen molar-refractivity contribution in [1.82, 2.24) is 0 Å². The molecule has 0 aromatic heterocycles. The molecule has 0 spiro atoms. The van der Waals surface area contributed by atoms with Gasteiger partial charge in [0.25, 0.3) is 0 Å². The van der Waals surface area contributed by atoms with Crippen molar-refractivity contribution in [2.45, 2.75) is 45.7 Å². The van der Waals surface area contributed by atoms with Gasteiger partial charge in [-0.2, -0.15) is 0 Å². The SMILES string of the molecule is CCCCO[P+](=O)C(C)(C)C. The Hall–Kier alpha value is 0.0600. The Bertz CT molecular complexity index is 127. The maximum absolute atomic E-state index is 11.3. The number of unbranched alkanes of at least 4 members (excludes halogenated alkanes) is 1. The molecule has 66 valence electrons. The molecular formula is C8H18O2P+. The second-order valence-electron chi connectivity index (χ2n) is 3.61. The lowest BCUT2D eigenvalue weighted by Gasteiger charge is -2.02. The summed E-state index contributed by atoms with van der Waals surface area (Å²) in [6.45, 7) is 8.50. The first-order valence-corrected chi connectivity index (χ1v) is 5.26. The van der Waals surface area contributed by atoms with Gasteiger partial charge < -0.3 is 0 Å². The topological polar surface area (TPSA) is 26.3 Å². The zero-order chi connectivity index (χ0) is 8.91. The molecule has 2 nitrogen and oxygen atoms in total. The van der Waals surface area contributed by atoms with Crippen LogP contribution in [0, 0.1) is 0 Å². The standard InChI is InChI=1S/C8H18O2P/c1-5-6-7-10-11(9)8(2,3)4/h5-7H2,1-4H3/q+1. The van der Waals surface area contributed by atoms with Crippen LogP contribution in [-0.4, -0.2) is 11.8 Å². The van der Waals surface area contributed by atoms with Crippen LogP contribution in [0.25, 0.3) is 0 Å². The minimum absolute atomic E-state index is 0.205. The highest BCUT2D eigenvalue weighted by molar-refractivity contribution is 7.41. The molecular weight excluding hydrogens is 159 g/mol. The van der Waals surface area contributed by atoms with Gasteiger partial charge in [0.15, 0.2) is 5.16 Å². The third-order valence-electron chi connectivity index (χ3n) is 1.25. The monoisotopic (exact) mass is 177 g/mol. The van der Waals surface area contributed by atoms with E-state index >= 15 is 0 Å². The summed E-state index contributed by atoms with van der Waals surface area (Å²) in [5.74, 6) is 0. The second-order valence-corrected chi connectivity index (χ2v) is 5.73. The predicted octanol–water partition coefficient (Wildman–Crippen LogP) is 3.34. The molecule has 1 atom stereocenters. The van der Waals surface area contributed by atoms with Crippen molar-refractivity contribution in [2.24, 2.45) is 0 Å². The van der Waals surface area contributed by atoms with E-state index in [1.54, 1.807) is 0 Å². The maximum Gasteiger partial charge on any atom is 0.513 e. The van der Waals surface area contributed by atoms with Crippen molar-refractivity contribution >= 4 is 8.03 Å². The Kier molecular flexibility index (Phi) is 4.87. The molecule has 0 rings (SSSR count). The highest BCUT2D eigenvalue weighted by Crippen LogP contribution is 2.38. The lowest BCUT2D eigenvalue weighted by atomic mass is 10.3. The maximum atomic E-state index is 11.3. The highest BCUT2D eigenvalue weighted by atomic mass is 31.1. The first-order chi connectivity index (χ1) is 4.98. The molecule has 0 N–H and O–H groups in total. The van der Waals surface area contributed by atoms with Crippen LogP contribution in [0.2, 0.25) is 0 Å². The van der Waals surface area contributed by atoms with Gasteiger partial charge in [-0.3, -0.25) is 0 Å². The van der Waals surface area contributed by atoms with Gasteiger partial charge in [0.05, 0.1) is 0 Å². The molecule has 0 aliphatic heterocycles. The largest absolute Gasteiger partial charge is 0.513 e. The zero-order valence-electron chi connectivity index (χ0n) is 7.89. The van der Waals surface area contributed by atoms with E-state index in [1.807, 2.05) is 20.8 Å². The summed E-state index contributed by atoms with van der Waals surface area (Å²) in [6.07, 6.45) is 2.09. The quantitative estimate of drug-likeness (QED) is 0.486. The molecule has 0 saturated carbocycles. The van der Waals surface area contributed by atoms with Crippen molar-refractivity contribution in [3.63, 3.8) is 0 Å². The lowest BCUT2D eigenvalue weighted by molar-refractivity contribution is 0.309. The molecule has 0 aromatic carbocycles. The van der Waals surface area contributed by atoms with Crippen molar-refractivity contribution in [3.8, 4) is 0 Å². The second kappa shape index (κ2) is 4.84. The van der Waals surface area contributed by atoms with Crippen LogP contribution < -0.4 is 0 Å². The zero-order valence-corrected chi connectivity index (χ0v) is 8.78. The van der Waals surface area contributed by atoms with Crippen LogP contribution in [0.3, 0.4) is 0 Å². The van der Waals surface area contributed by atoms with Gasteiger partial charge in [-0.05, 0) is 31.8 Å². The third-order valence-corrected chi connectivity index (χ3v) is 2.77. The van der Waals surface area contributed by atoms with E-state index in [2.05, 4.69) is 6.92 Å². The summed E-state index contributed by atoms with van der Waals surface area (Å²) in [5.41, 5.74) is 0. The van der Waals surface area contributed by atoms with E-state index in [1.165, 1.54) is 0 Å². The predicted molar refractivity (Wildman–Crippen MR) is 48.2 cm³/mol. The molecule has 0 radical (unpaired) electrons. The summed E-state index contributed by atoms with van der Waals surface area (Å²) in [6, 6.07) is 0. The Balaban J connectivity index is 3.54. The van der Waals surface area contributed by atoms with Gasteiger partial charge in [-0.1, -0.05) is 13.3 Å². The molecule has 3 heteroatoms. The first-order valence-electron chi connectivity index (χ1n) is 4.08. The fourth-order valence-electron chi connectivity index (χ4n) is 0.485. The van der Waals surface area contributed by atoms with Crippen molar-refractivity contribution in [1.29, 1.82) is 0 Å². The van der Waals surface area contributed by atoms with E-state index in [0.29, 0.717) is 6.61 Å². The highest BCUT2D eigenvalue weighted by Gasteiger charge is 2.36. The van der Waals surface area contributed by atoms with Crippen LogP contribution in [-0.2, 0) is 9.09 Å². The average molecular weight is 177 g/mol. The molecule has 0 aliphatic carbocycles. The molecule has 0 amide bonds. The Morgan fingerprint density at radius 1 is 1.36 bits per heavy atom. The van der Waals surface area contributed by atoms with Gasteiger partial charge in [0.2, 0.25) is 0 Å². The molecule has 0 saturated heterocycles. The van der Waals surface area contributed by atoms with Gasteiger partial charge in [0.1, 0.15) is 6.61 Å². The van der Waals surface area contributed by atoms with Gasteiger partial charge in [-0.15, -0.1) is 4.52 Å². The minimum atomic E-state index is -1.48. The van der Waals surface area contributed by atoms with E-state index in [0.717, 1.165) is 12.8 Å². The van der Waals surface area contributed by atoms with Crippen LogP contribution >= 0.6 is 8.03 Å². The molecule has 0 fully saturated rings. The van der Waals surface area contributed by atoms with E-state index < -0.39 is 8.03 Å².